The van der Waals surface area contributed by atoms with Gasteiger partial charge in [0.2, 0.25) is 15.9 Å². The molecule has 1 saturated heterocycles. The molecule has 2 rings (SSSR count). The van der Waals surface area contributed by atoms with Crippen molar-refractivity contribution in [1.29, 1.82) is 0 Å². The number of hydrogen-bond donors (Lipinski definition) is 1. The van der Waals surface area contributed by atoms with E-state index in [0.717, 1.165) is 18.4 Å². The third-order valence-corrected chi connectivity index (χ3v) is 3.76. The molecule has 1 amide bonds. The van der Waals surface area contributed by atoms with Crippen LogP contribution in [0.5, 0.6) is 0 Å². The van der Waals surface area contributed by atoms with Crippen LogP contribution in [0.25, 0.3) is 0 Å². The van der Waals surface area contributed by atoms with E-state index in [1.165, 1.54) is 0 Å². The van der Waals surface area contributed by atoms with E-state index in [1.54, 1.807) is 16.6 Å². The third kappa shape index (κ3) is 3.13. The Kier molecular flexibility index (Phi) is 3.64. The van der Waals surface area contributed by atoms with E-state index in [9.17, 15) is 13.2 Å². The molecule has 0 radical (unpaired) electrons. The lowest BCUT2D eigenvalue weighted by Crippen LogP contribution is -2.52. The molecule has 106 valence electrons. The zero-order valence-electron chi connectivity index (χ0n) is 11.3. The summed E-state index contributed by atoms with van der Waals surface area (Å²) in [4.78, 5) is 13.9. The first-order chi connectivity index (χ1) is 8.78. The molecule has 0 spiro atoms. The fourth-order valence-corrected chi connectivity index (χ4v) is 3.06. The number of anilines is 1. The Balaban J connectivity index is 2.23. The molecule has 1 unspecified atom stereocenters. The summed E-state index contributed by atoms with van der Waals surface area (Å²) in [5.41, 5.74) is 0.823. The quantitative estimate of drug-likeness (QED) is 0.832. The number of rotatable bonds is 3. The number of aromatic nitrogens is 2. The first kappa shape index (κ1) is 14.0. The molecule has 7 nitrogen and oxygen atoms in total. The number of piperidine rings is 1. The van der Waals surface area contributed by atoms with Crippen LogP contribution in [0.3, 0.4) is 0 Å². The summed E-state index contributed by atoms with van der Waals surface area (Å²) in [5, 5.41) is 4.20. The van der Waals surface area contributed by atoms with E-state index in [4.69, 9.17) is 0 Å². The number of hydrogen-bond acceptors (Lipinski definition) is 4. The van der Waals surface area contributed by atoms with E-state index >= 15 is 0 Å². The molecule has 8 heteroatoms. The lowest BCUT2D eigenvalue weighted by atomic mass is 10.1. The Morgan fingerprint density at radius 2 is 2.16 bits per heavy atom. The van der Waals surface area contributed by atoms with E-state index in [2.05, 4.69) is 9.82 Å². The molecule has 1 aliphatic rings. The van der Waals surface area contributed by atoms with E-state index in [1.807, 2.05) is 13.0 Å². The van der Waals surface area contributed by atoms with Crippen LogP contribution >= 0.6 is 0 Å². The molecular formula is C11H18N4O3S. The molecule has 1 aliphatic heterocycles. The van der Waals surface area contributed by atoms with Gasteiger partial charge < -0.3 is 0 Å². The molecule has 2 heterocycles. The molecule has 1 aromatic rings. The minimum absolute atomic E-state index is 0.223. The van der Waals surface area contributed by atoms with Crippen molar-refractivity contribution in [3.05, 3.63) is 11.8 Å². The topological polar surface area (TPSA) is 84.3 Å². The van der Waals surface area contributed by atoms with Gasteiger partial charge in [-0.15, -0.1) is 0 Å². The maximum Gasteiger partial charge on any atom is 0.246 e. The highest BCUT2D eigenvalue weighted by atomic mass is 32.2. The summed E-state index contributed by atoms with van der Waals surface area (Å²) < 4.78 is 26.5. The fraction of sp³-hybridized carbons (Fsp3) is 0.636. The molecule has 0 aromatic carbocycles. The average Bonchev–Trinajstić information content (AvgIpc) is 2.59. The van der Waals surface area contributed by atoms with Gasteiger partial charge in [0.25, 0.3) is 0 Å². The monoisotopic (exact) mass is 286 g/mol. The van der Waals surface area contributed by atoms with Crippen molar-refractivity contribution in [3.8, 4) is 0 Å². The van der Waals surface area contributed by atoms with Crippen molar-refractivity contribution in [2.24, 2.45) is 7.05 Å². The highest BCUT2D eigenvalue weighted by Crippen LogP contribution is 2.21. The van der Waals surface area contributed by atoms with Gasteiger partial charge in [0.15, 0.2) is 0 Å². The summed E-state index contributed by atoms with van der Waals surface area (Å²) >= 11 is 0. The summed E-state index contributed by atoms with van der Waals surface area (Å²) in [6.45, 7) is 2.43. The van der Waals surface area contributed by atoms with Gasteiger partial charge in [-0.05, 0) is 19.8 Å². The number of nitrogens with zero attached hydrogens (tertiary/aromatic N) is 3. The fourth-order valence-electron chi connectivity index (χ4n) is 2.32. The van der Waals surface area contributed by atoms with Crippen molar-refractivity contribution in [3.63, 3.8) is 0 Å². The minimum atomic E-state index is -3.39. The first-order valence-electron chi connectivity index (χ1n) is 6.07. The van der Waals surface area contributed by atoms with Crippen molar-refractivity contribution < 1.29 is 13.2 Å². The average molecular weight is 286 g/mol. The van der Waals surface area contributed by atoms with Crippen molar-refractivity contribution in [2.45, 2.75) is 25.8 Å². The van der Waals surface area contributed by atoms with Gasteiger partial charge in [-0.2, -0.15) is 5.10 Å². The van der Waals surface area contributed by atoms with E-state index in [0.29, 0.717) is 18.8 Å². The summed E-state index contributed by atoms with van der Waals surface area (Å²) in [6.07, 6.45) is 2.34. The Labute approximate surface area is 112 Å². The molecular weight excluding hydrogens is 268 g/mol. The van der Waals surface area contributed by atoms with Gasteiger partial charge in [-0.3, -0.25) is 14.4 Å². The molecule has 1 N–H and O–H groups in total. The second-order valence-corrected chi connectivity index (χ2v) is 6.62. The molecule has 0 aliphatic carbocycles. The minimum Gasteiger partial charge on any atom is -0.296 e. The number of sulfonamides is 1. The van der Waals surface area contributed by atoms with Gasteiger partial charge >= 0.3 is 0 Å². The second kappa shape index (κ2) is 4.93. The van der Waals surface area contributed by atoms with Crippen molar-refractivity contribution in [1.82, 2.24) is 14.5 Å². The van der Waals surface area contributed by atoms with Gasteiger partial charge in [0, 0.05) is 19.7 Å². The van der Waals surface area contributed by atoms with Crippen LogP contribution in [0, 0.1) is 6.92 Å². The molecule has 19 heavy (non-hydrogen) atoms. The van der Waals surface area contributed by atoms with Gasteiger partial charge in [-0.25, -0.2) is 13.1 Å². The lowest BCUT2D eigenvalue weighted by Gasteiger charge is -2.31. The highest BCUT2D eigenvalue weighted by Gasteiger charge is 2.32. The standard InChI is InChI=1S/C11H18N4O3S/c1-8-7-10(14(2)12-8)15-6-4-5-9(11(15)16)13-19(3,17)18/h7,9,13H,4-6H2,1-3H3. The van der Waals surface area contributed by atoms with Crippen LogP contribution in [0.2, 0.25) is 0 Å². The maximum atomic E-state index is 12.3. The first-order valence-corrected chi connectivity index (χ1v) is 7.96. The van der Waals surface area contributed by atoms with Crippen LogP contribution in [0.1, 0.15) is 18.5 Å². The molecule has 0 bridgehead atoms. The van der Waals surface area contributed by atoms with Crippen LogP contribution in [-0.4, -0.2) is 42.9 Å². The summed E-state index contributed by atoms with van der Waals surface area (Å²) in [6, 6.07) is 1.14. The van der Waals surface area contributed by atoms with Crippen LogP contribution in [0.15, 0.2) is 6.07 Å². The number of nitrogens with one attached hydrogen (secondary N) is 1. The zero-order chi connectivity index (χ0) is 14.2. The Bertz CT molecular complexity index is 593. The molecule has 0 saturated carbocycles. The SMILES string of the molecule is Cc1cc(N2CCCC(NS(C)(=O)=O)C2=O)n(C)n1. The second-order valence-electron chi connectivity index (χ2n) is 4.84. The van der Waals surface area contributed by atoms with Crippen LogP contribution < -0.4 is 9.62 Å². The summed E-state index contributed by atoms with van der Waals surface area (Å²) in [7, 11) is -1.62. The number of aryl methyl sites for hydroxylation is 2. The Hall–Kier alpha value is -1.41. The normalized spacial score (nSPS) is 20.9. The Morgan fingerprint density at radius 3 is 2.68 bits per heavy atom. The highest BCUT2D eigenvalue weighted by molar-refractivity contribution is 7.88. The van der Waals surface area contributed by atoms with Crippen LogP contribution in [-0.2, 0) is 21.9 Å². The third-order valence-electron chi connectivity index (χ3n) is 3.05. The Morgan fingerprint density at radius 1 is 1.47 bits per heavy atom. The smallest absolute Gasteiger partial charge is 0.246 e. The predicted molar refractivity (Wildman–Crippen MR) is 71.3 cm³/mol. The van der Waals surface area contributed by atoms with Crippen molar-refractivity contribution in [2.75, 3.05) is 17.7 Å². The summed E-state index contributed by atoms with van der Waals surface area (Å²) in [5.74, 6) is 0.474. The number of amides is 1. The van der Waals surface area contributed by atoms with E-state index in [-0.39, 0.29) is 5.91 Å². The largest absolute Gasteiger partial charge is 0.296 e. The maximum absolute atomic E-state index is 12.3. The predicted octanol–water partition coefficient (Wildman–Crippen LogP) is -0.227. The molecule has 1 fully saturated rings. The molecule has 1 aromatic heterocycles. The van der Waals surface area contributed by atoms with Gasteiger partial charge in [0.1, 0.15) is 11.9 Å². The number of carbonyl (C=O) groups is 1. The van der Waals surface area contributed by atoms with Gasteiger partial charge in [0.05, 0.1) is 11.9 Å². The number of carbonyl (C=O) groups excluding carboxylic acids is 1. The lowest BCUT2D eigenvalue weighted by molar-refractivity contribution is -0.121. The van der Waals surface area contributed by atoms with Gasteiger partial charge in [-0.1, -0.05) is 0 Å². The van der Waals surface area contributed by atoms with E-state index < -0.39 is 16.1 Å². The van der Waals surface area contributed by atoms with Crippen molar-refractivity contribution >= 4 is 21.7 Å². The molecule has 1 atom stereocenters. The zero-order valence-corrected chi connectivity index (χ0v) is 12.1. The van der Waals surface area contributed by atoms with Crippen LogP contribution in [0.4, 0.5) is 5.82 Å².